The van der Waals surface area contributed by atoms with Gasteiger partial charge in [-0.2, -0.15) is 5.26 Å². The number of anilines is 1. The number of carbonyl (C=O) groups excluding carboxylic acids is 1. The lowest BCUT2D eigenvalue weighted by Gasteiger charge is -2.26. The van der Waals surface area contributed by atoms with Gasteiger partial charge < -0.3 is 15.0 Å². The lowest BCUT2D eigenvalue weighted by atomic mass is 10.1. The number of piperidine rings is 1. The minimum atomic E-state index is 0.184. The summed E-state index contributed by atoms with van der Waals surface area (Å²) >= 11 is 0. The normalized spacial score (nSPS) is 14.4. The van der Waals surface area contributed by atoms with Crippen LogP contribution in [0, 0.1) is 11.3 Å². The van der Waals surface area contributed by atoms with Crippen LogP contribution in [0.5, 0.6) is 5.75 Å². The van der Waals surface area contributed by atoms with Crippen molar-refractivity contribution in [3.8, 4) is 11.8 Å². The van der Waals surface area contributed by atoms with Crippen LogP contribution in [0.15, 0.2) is 18.2 Å². The largest absolute Gasteiger partial charge is 0.497 e. The molecule has 1 aromatic carbocycles. The Kier molecular flexibility index (Phi) is 5.44. The van der Waals surface area contributed by atoms with Gasteiger partial charge in [-0.05, 0) is 31.4 Å². The van der Waals surface area contributed by atoms with Crippen molar-refractivity contribution in [1.82, 2.24) is 4.90 Å². The highest BCUT2D eigenvalue weighted by molar-refractivity contribution is 5.77. The van der Waals surface area contributed by atoms with E-state index in [1.54, 1.807) is 25.3 Å². The number of benzene rings is 1. The minimum Gasteiger partial charge on any atom is -0.497 e. The van der Waals surface area contributed by atoms with Crippen LogP contribution in [0.2, 0.25) is 0 Å². The Labute approximate surface area is 125 Å². The molecular weight excluding hydrogens is 266 g/mol. The number of hydrogen-bond acceptors (Lipinski definition) is 4. The van der Waals surface area contributed by atoms with Crippen LogP contribution in [0.25, 0.3) is 0 Å². The molecule has 0 bridgehead atoms. The number of hydrogen-bond donors (Lipinski definition) is 1. The van der Waals surface area contributed by atoms with Crippen molar-refractivity contribution in [2.45, 2.75) is 25.7 Å². The average molecular weight is 287 g/mol. The number of nitrogens with zero attached hydrogens (tertiary/aromatic N) is 2. The monoisotopic (exact) mass is 287 g/mol. The quantitative estimate of drug-likeness (QED) is 0.903. The first kappa shape index (κ1) is 15.2. The fraction of sp³-hybridized carbons (Fsp3) is 0.500. The van der Waals surface area contributed by atoms with Crippen molar-refractivity contribution in [3.05, 3.63) is 23.8 Å². The third-order valence-corrected chi connectivity index (χ3v) is 3.71. The van der Waals surface area contributed by atoms with E-state index in [0.717, 1.165) is 25.9 Å². The molecule has 1 aromatic rings. The maximum atomic E-state index is 12.1. The zero-order valence-electron chi connectivity index (χ0n) is 12.4. The summed E-state index contributed by atoms with van der Waals surface area (Å²) in [5.41, 5.74) is 1.27. The van der Waals surface area contributed by atoms with Crippen molar-refractivity contribution in [3.63, 3.8) is 0 Å². The van der Waals surface area contributed by atoms with Crippen molar-refractivity contribution in [2.24, 2.45) is 0 Å². The number of rotatable bonds is 5. The number of methoxy groups -OCH3 is 1. The number of nitrogens with one attached hydrogen (secondary N) is 1. The summed E-state index contributed by atoms with van der Waals surface area (Å²) in [6.45, 7) is 2.28. The summed E-state index contributed by atoms with van der Waals surface area (Å²) in [5, 5.41) is 12.2. The fourth-order valence-corrected chi connectivity index (χ4v) is 2.50. The highest BCUT2D eigenvalue weighted by atomic mass is 16.5. The summed E-state index contributed by atoms with van der Waals surface area (Å²) in [6, 6.07) is 7.39. The number of likely N-dealkylation sites (tertiary alicyclic amines) is 1. The molecule has 2 rings (SSSR count). The summed E-state index contributed by atoms with van der Waals surface area (Å²) in [4.78, 5) is 14.0. The van der Waals surface area contributed by atoms with E-state index >= 15 is 0 Å². The Bertz CT molecular complexity index is 531. The molecule has 5 heteroatoms. The van der Waals surface area contributed by atoms with Crippen molar-refractivity contribution < 1.29 is 9.53 Å². The van der Waals surface area contributed by atoms with Gasteiger partial charge in [-0.25, -0.2) is 0 Å². The van der Waals surface area contributed by atoms with Gasteiger partial charge in [0.2, 0.25) is 5.91 Å². The Morgan fingerprint density at radius 1 is 1.38 bits per heavy atom. The van der Waals surface area contributed by atoms with Gasteiger partial charge in [0, 0.05) is 32.1 Å². The highest BCUT2D eigenvalue weighted by Gasteiger charge is 2.15. The molecular formula is C16H21N3O2. The van der Waals surface area contributed by atoms with Gasteiger partial charge in [-0.15, -0.1) is 0 Å². The molecule has 0 spiro atoms. The molecule has 21 heavy (non-hydrogen) atoms. The lowest BCUT2D eigenvalue weighted by Crippen LogP contribution is -2.36. The first-order chi connectivity index (χ1) is 10.2. The molecule has 0 radical (unpaired) electrons. The van der Waals surface area contributed by atoms with Crippen molar-refractivity contribution in [1.29, 1.82) is 5.26 Å². The van der Waals surface area contributed by atoms with E-state index in [4.69, 9.17) is 10.00 Å². The summed E-state index contributed by atoms with van der Waals surface area (Å²) in [7, 11) is 1.59. The summed E-state index contributed by atoms with van der Waals surface area (Å²) in [5.74, 6) is 0.877. The molecule has 5 nitrogen and oxygen atoms in total. The molecule has 0 aromatic heterocycles. The Morgan fingerprint density at radius 3 is 2.81 bits per heavy atom. The van der Waals surface area contributed by atoms with Gasteiger partial charge in [0.15, 0.2) is 0 Å². The van der Waals surface area contributed by atoms with Crippen LogP contribution in [0.3, 0.4) is 0 Å². The van der Waals surface area contributed by atoms with E-state index < -0.39 is 0 Å². The molecule has 1 heterocycles. The summed E-state index contributed by atoms with van der Waals surface area (Å²) < 4.78 is 5.15. The predicted octanol–water partition coefficient (Wildman–Crippen LogP) is 2.38. The maximum Gasteiger partial charge on any atom is 0.224 e. The first-order valence-electron chi connectivity index (χ1n) is 7.34. The number of ether oxygens (including phenoxy) is 1. The fourth-order valence-electron chi connectivity index (χ4n) is 2.50. The molecule has 112 valence electrons. The standard InChI is InChI=1S/C16H21N3O2/c1-21-14-6-5-13(12-17)15(11-14)18-8-7-16(20)19-9-3-2-4-10-19/h5-6,11,18H,2-4,7-10H2,1H3. The second-order valence-electron chi connectivity index (χ2n) is 5.14. The molecule has 1 amide bonds. The Morgan fingerprint density at radius 2 is 2.14 bits per heavy atom. The summed E-state index contributed by atoms with van der Waals surface area (Å²) in [6.07, 6.45) is 3.88. The van der Waals surface area contributed by atoms with E-state index in [0.29, 0.717) is 30.0 Å². The third-order valence-electron chi connectivity index (χ3n) is 3.71. The van der Waals surface area contributed by atoms with Crippen LogP contribution in [0.1, 0.15) is 31.2 Å². The zero-order chi connectivity index (χ0) is 15.1. The van der Waals surface area contributed by atoms with Crippen LogP contribution >= 0.6 is 0 Å². The molecule has 1 saturated heterocycles. The smallest absolute Gasteiger partial charge is 0.224 e. The molecule has 0 atom stereocenters. The molecule has 1 aliphatic rings. The van der Waals surface area contributed by atoms with Gasteiger partial charge in [-0.3, -0.25) is 4.79 Å². The van der Waals surface area contributed by atoms with E-state index in [9.17, 15) is 4.79 Å². The van der Waals surface area contributed by atoms with E-state index in [1.165, 1.54) is 6.42 Å². The highest BCUT2D eigenvalue weighted by Crippen LogP contribution is 2.21. The number of nitriles is 1. The molecule has 1 aliphatic heterocycles. The van der Waals surface area contributed by atoms with Gasteiger partial charge in [0.1, 0.15) is 11.8 Å². The molecule has 0 saturated carbocycles. The van der Waals surface area contributed by atoms with Crippen molar-refractivity contribution in [2.75, 3.05) is 32.1 Å². The zero-order valence-corrected chi connectivity index (χ0v) is 12.4. The van der Waals surface area contributed by atoms with E-state index in [-0.39, 0.29) is 5.91 Å². The average Bonchev–Trinajstić information content (AvgIpc) is 2.55. The van der Waals surface area contributed by atoms with E-state index in [2.05, 4.69) is 11.4 Å². The van der Waals surface area contributed by atoms with Crippen LogP contribution in [0.4, 0.5) is 5.69 Å². The second kappa shape index (κ2) is 7.53. The lowest BCUT2D eigenvalue weighted by molar-refractivity contribution is -0.131. The number of carbonyl (C=O) groups is 1. The molecule has 1 fully saturated rings. The molecule has 0 unspecified atom stereocenters. The second-order valence-corrected chi connectivity index (χ2v) is 5.14. The maximum absolute atomic E-state index is 12.1. The molecule has 1 N–H and O–H groups in total. The van der Waals surface area contributed by atoms with Gasteiger partial charge in [0.05, 0.1) is 18.4 Å². The van der Waals surface area contributed by atoms with E-state index in [1.807, 2.05) is 4.90 Å². The molecule has 0 aliphatic carbocycles. The Hall–Kier alpha value is -2.22. The van der Waals surface area contributed by atoms with Gasteiger partial charge in [0.25, 0.3) is 0 Å². The van der Waals surface area contributed by atoms with Crippen LogP contribution < -0.4 is 10.1 Å². The van der Waals surface area contributed by atoms with Crippen molar-refractivity contribution >= 4 is 11.6 Å². The van der Waals surface area contributed by atoms with Gasteiger partial charge in [-0.1, -0.05) is 0 Å². The number of amides is 1. The predicted molar refractivity (Wildman–Crippen MR) is 81.2 cm³/mol. The Balaban J connectivity index is 1.88. The van der Waals surface area contributed by atoms with Crippen LogP contribution in [-0.4, -0.2) is 37.6 Å². The SMILES string of the molecule is COc1ccc(C#N)c(NCCC(=O)N2CCCCC2)c1. The first-order valence-corrected chi connectivity index (χ1v) is 7.34. The van der Waals surface area contributed by atoms with Crippen LogP contribution in [-0.2, 0) is 4.79 Å². The topological polar surface area (TPSA) is 65.4 Å². The minimum absolute atomic E-state index is 0.184. The third kappa shape index (κ3) is 4.12. The van der Waals surface area contributed by atoms with Gasteiger partial charge >= 0.3 is 0 Å².